The number of rotatable bonds is 3. The molecule has 4 heteroatoms. The first-order valence-corrected chi connectivity index (χ1v) is 7.70. The summed E-state index contributed by atoms with van der Waals surface area (Å²) in [6.07, 6.45) is 1.02. The van der Waals surface area contributed by atoms with Crippen LogP contribution >= 0.6 is 27.5 Å². The van der Waals surface area contributed by atoms with Crippen molar-refractivity contribution in [3.8, 4) is 0 Å². The van der Waals surface area contributed by atoms with Crippen molar-refractivity contribution in [2.45, 2.75) is 17.2 Å². The van der Waals surface area contributed by atoms with Gasteiger partial charge in [-0.05, 0) is 41.5 Å². The van der Waals surface area contributed by atoms with Gasteiger partial charge in [0.05, 0.1) is 0 Å². The molecule has 0 radical (unpaired) electrons. The summed E-state index contributed by atoms with van der Waals surface area (Å²) in [5.41, 5.74) is 1.90. The van der Waals surface area contributed by atoms with Gasteiger partial charge in [0.25, 0.3) is 0 Å². The standard InChI is InChI=1S/C16H12BrClF2/c17-16(12-7-14(19)15(20)8-13(12)18)11-6-10(11)9-4-2-1-3-5-9/h1-5,7-8,10-11,16H,6H2. The van der Waals surface area contributed by atoms with E-state index in [0.717, 1.165) is 12.5 Å². The van der Waals surface area contributed by atoms with Gasteiger partial charge in [-0.3, -0.25) is 0 Å². The highest BCUT2D eigenvalue weighted by Crippen LogP contribution is 2.57. The number of hydrogen-bond donors (Lipinski definition) is 0. The Morgan fingerprint density at radius 2 is 1.75 bits per heavy atom. The van der Waals surface area contributed by atoms with Crippen LogP contribution in [0.1, 0.15) is 28.3 Å². The first kappa shape index (κ1) is 14.0. The second-order valence-electron chi connectivity index (χ2n) is 5.11. The zero-order valence-electron chi connectivity index (χ0n) is 10.5. The van der Waals surface area contributed by atoms with E-state index in [2.05, 4.69) is 28.1 Å². The average molecular weight is 358 g/mol. The van der Waals surface area contributed by atoms with Gasteiger partial charge in [0.1, 0.15) is 0 Å². The molecular weight excluding hydrogens is 346 g/mol. The van der Waals surface area contributed by atoms with Crippen LogP contribution in [0.4, 0.5) is 8.78 Å². The van der Waals surface area contributed by atoms with Crippen LogP contribution in [-0.2, 0) is 0 Å². The summed E-state index contributed by atoms with van der Waals surface area (Å²) in [6.45, 7) is 0. The maximum absolute atomic E-state index is 13.4. The summed E-state index contributed by atoms with van der Waals surface area (Å²) in [4.78, 5) is -0.0599. The number of benzene rings is 2. The van der Waals surface area contributed by atoms with Crippen LogP contribution in [0.15, 0.2) is 42.5 Å². The molecule has 0 bridgehead atoms. The van der Waals surface area contributed by atoms with E-state index in [-0.39, 0.29) is 9.85 Å². The van der Waals surface area contributed by atoms with Gasteiger partial charge >= 0.3 is 0 Å². The minimum Gasteiger partial charge on any atom is -0.204 e. The monoisotopic (exact) mass is 356 g/mol. The van der Waals surface area contributed by atoms with Gasteiger partial charge in [0, 0.05) is 9.85 Å². The predicted molar refractivity (Wildman–Crippen MR) is 80.3 cm³/mol. The Morgan fingerprint density at radius 3 is 2.45 bits per heavy atom. The molecule has 1 aliphatic carbocycles. The molecule has 3 unspecified atom stereocenters. The highest BCUT2D eigenvalue weighted by molar-refractivity contribution is 9.09. The van der Waals surface area contributed by atoms with Crippen molar-refractivity contribution >= 4 is 27.5 Å². The van der Waals surface area contributed by atoms with E-state index in [1.807, 2.05) is 18.2 Å². The van der Waals surface area contributed by atoms with E-state index in [1.165, 1.54) is 11.6 Å². The highest BCUT2D eigenvalue weighted by Gasteiger charge is 2.44. The third-order valence-electron chi connectivity index (χ3n) is 3.78. The molecule has 2 aromatic rings. The largest absolute Gasteiger partial charge is 0.204 e. The first-order chi connectivity index (χ1) is 9.58. The molecule has 0 aliphatic heterocycles. The molecule has 104 valence electrons. The van der Waals surface area contributed by atoms with E-state index in [9.17, 15) is 8.78 Å². The molecule has 1 aliphatic rings. The molecule has 0 saturated heterocycles. The molecular formula is C16H12BrClF2. The van der Waals surface area contributed by atoms with Crippen LogP contribution in [0.25, 0.3) is 0 Å². The van der Waals surface area contributed by atoms with Gasteiger partial charge in [0.15, 0.2) is 11.6 Å². The second kappa shape index (κ2) is 5.45. The van der Waals surface area contributed by atoms with E-state index >= 15 is 0 Å². The maximum atomic E-state index is 13.4. The fourth-order valence-electron chi connectivity index (χ4n) is 2.60. The Labute approximate surface area is 129 Å². The lowest BCUT2D eigenvalue weighted by Gasteiger charge is -2.12. The minimum absolute atomic E-state index is 0.0599. The van der Waals surface area contributed by atoms with E-state index in [0.29, 0.717) is 17.4 Å². The molecule has 0 spiro atoms. The van der Waals surface area contributed by atoms with Gasteiger partial charge in [-0.15, -0.1) is 0 Å². The molecule has 0 N–H and O–H groups in total. The molecule has 3 atom stereocenters. The smallest absolute Gasteiger partial charge is 0.160 e. The van der Waals surface area contributed by atoms with Crippen LogP contribution < -0.4 is 0 Å². The van der Waals surface area contributed by atoms with Crippen LogP contribution in [0, 0.1) is 17.6 Å². The topological polar surface area (TPSA) is 0 Å². The lowest BCUT2D eigenvalue weighted by atomic mass is 10.0. The van der Waals surface area contributed by atoms with Gasteiger partial charge in [-0.2, -0.15) is 0 Å². The summed E-state index contributed by atoms with van der Waals surface area (Å²) in [7, 11) is 0. The molecule has 0 heterocycles. The molecule has 1 saturated carbocycles. The number of halogens is 4. The molecule has 1 fully saturated rings. The third kappa shape index (κ3) is 2.61. The molecule has 20 heavy (non-hydrogen) atoms. The Balaban J connectivity index is 1.82. The van der Waals surface area contributed by atoms with Crippen molar-refractivity contribution in [3.63, 3.8) is 0 Å². The Hall–Kier alpha value is -0.930. The SMILES string of the molecule is Fc1cc(Cl)c(C(Br)C2CC2c2ccccc2)cc1F. The van der Waals surface area contributed by atoms with Crippen LogP contribution in [0.2, 0.25) is 5.02 Å². The number of hydrogen-bond acceptors (Lipinski definition) is 0. The average Bonchev–Trinajstić information content (AvgIpc) is 3.23. The fraction of sp³-hybridized carbons (Fsp3) is 0.250. The quantitative estimate of drug-likeness (QED) is 0.477. The minimum atomic E-state index is -0.908. The lowest BCUT2D eigenvalue weighted by Crippen LogP contribution is -1.98. The molecule has 0 nitrogen and oxygen atoms in total. The van der Waals surface area contributed by atoms with Gasteiger partial charge in [0.2, 0.25) is 0 Å². The Kier molecular flexibility index (Phi) is 3.83. The lowest BCUT2D eigenvalue weighted by molar-refractivity contribution is 0.506. The zero-order valence-corrected chi connectivity index (χ0v) is 12.8. The molecule has 0 amide bonds. The highest BCUT2D eigenvalue weighted by atomic mass is 79.9. The van der Waals surface area contributed by atoms with Crippen molar-refractivity contribution < 1.29 is 8.78 Å². The van der Waals surface area contributed by atoms with Crippen molar-refractivity contribution in [1.82, 2.24) is 0 Å². The second-order valence-corrected chi connectivity index (χ2v) is 6.50. The third-order valence-corrected chi connectivity index (χ3v) is 5.28. The van der Waals surface area contributed by atoms with Crippen LogP contribution in [-0.4, -0.2) is 0 Å². The summed E-state index contributed by atoms with van der Waals surface area (Å²) in [5.74, 6) is -0.955. The Bertz CT molecular complexity index is 630. The molecule has 0 aromatic heterocycles. The van der Waals surface area contributed by atoms with Crippen molar-refractivity contribution in [2.24, 2.45) is 5.92 Å². The van der Waals surface area contributed by atoms with Crippen LogP contribution in [0.3, 0.4) is 0 Å². The van der Waals surface area contributed by atoms with Crippen molar-refractivity contribution in [2.75, 3.05) is 0 Å². The first-order valence-electron chi connectivity index (χ1n) is 6.41. The summed E-state index contributed by atoms with van der Waals surface area (Å²) >= 11 is 9.61. The fourth-order valence-corrected chi connectivity index (χ4v) is 3.96. The molecule has 2 aromatic carbocycles. The van der Waals surface area contributed by atoms with Gasteiger partial charge in [-0.25, -0.2) is 8.78 Å². The zero-order chi connectivity index (χ0) is 14.3. The van der Waals surface area contributed by atoms with Crippen molar-refractivity contribution in [1.29, 1.82) is 0 Å². The van der Waals surface area contributed by atoms with E-state index in [4.69, 9.17) is 11.6 Å². The van der Waals surface area contributed by atoms with Gasteiger partial charge in [-0.1, -0.05) is 57.9 Å². The van der Waals surface area contributed by atoms with E-state index in [1.54, 1.807) is 0 Å². The maximum Gasteiger partial charge on any atom is 0.160 e. The summed E-state index contributed by atoms with van der Waals surface area (Å²) in [5, 5.41) is 0.268. The Morgan fingerprint density at radius 1 is 1.10 bits per heavy atom. The normalized spacial score (nSPS) is 22.6. The van der Waals surface area contributed by atoms with Gasteiger partial charge < -0.3 is 0 Å². The predicted octanol–water partition coefficient (Wildman–Crippen LogP) is 5.86. The summed E-state index contributed by atoms with van der Waals surface area (Å²) < 4.78 is 26.5. The van der Waals surface area contributed by atoms with E-state index < -0.39 is 11.6 Å². The van der Waals surface area contributed by atoms with Crippen molar-refractivity contribution in [3.05, 3.63) is 70.2 Å². The summed E-state index contributed by atoms with van der Waals surface area (Å²) in [6, 6.07) is 12.4. The molecule has 3 rings (SSSR count). The van der Waals surface area contributed by atoms with Crippen LogP contribution in [0.5, 0.6) is 0 Å². The number of alkyl halides is 1.